The molecule has 0 N–H and O–H groups in total. The third kappa shape index (κ3) is 2.22. The first-order valence-electron chi connectivity index (χ1n) is 7.37. The molecule has 1 aromatic carbocycles. The average Bonchev–Trinajstić information content (AvgIpc) is 2.81. The van der Waals surface area contributed by atoms with Crippen molar-refractivity contribution in [2.45, 2.75) is 31.2 Å². The summed E-state index contributed by atoms with van der Waals surface area (Å²) in [5.41, 5.74) is 0.481. The third-order valence-corrected chi connectivity index (χ3v) is 5.03. The number of amides is 1. The van der Waals surface area contributed by atoms with Crippen LogP contribution in [0.15, 0.2) is 24.3 Å². The van der Waals surface area contributed by atoms with Gasteiger partial charge in [0.2, 0.25) is 0 Å². The minimum atomic E-state index is -0.421. The lowest BCUT2D eigenvalue weighted by atomic mass is 9.85. The topological polar surface area (TPSA) is 23.6 Å². The van der Waals surface area contributed by atoms with E-state index in [9.17, 15) is 9.18 Å². The number of hydrogen-bond acceptors (Lipinski definition) is 2. The van der Waals surface area contributed by atoms with Crippen LogP contribution < -0.4 is 0 Å². The summed E-state index contributed by atoms with van der Waals surface area (Å²) in [7, 11) is 2.18. The number of nitrogens with zero attached hydrogens (tertiary/aromatic N) is 2. The summed E-state index contributed by atoms with van der Waals surface area (Å²) >= 11 is 0. The van der Waals surface area contributed by atoms with E-state index in [2.05, 4.69) is 11.9 Å². The van der Waals surface area contributed by atoms with Gasteiger partial charge in [-0.3, -0.25) is 4.79 Å². The SMILES string of the molecule is CN1CCCC12CCN(C(=O)c1ccccc1F)CC2. The molecule has 0 aromatic heterocycles. The van der Waals surface area contributed by atoms with E-state index in [4.69, 9.17) is 0 Å². The van der Waals surface area contributed by atoms with Gasteiger partial charge in [-0.2, -0.15) is 0 Å². The van der Waals surface area contributed by atoms with E-state index >= 15 is 0 Å². The molecule has 3 nitrogen and oxygen atoms in total. The third-order valence-electron chi connectivity index (χ3n) is 5.03. The van der Waals surface area contributed by atoms with E-state index in [0.29, 0.717) is 0 Å². The van der Waals surface area contributed by atoms with Crippen LogP contribution in [0, 0.1) is 5.82 Å². The first kappa shape index (κ1) is 13.6. The highest BCUT2D eigenvalue weighted by Gasteiger charge is 2.42. The van der Waals surface area contributed by atoms with Crippen molar-refractivity contribution in [2.75, 3.05) is 26.7 Å². The lowest BCUT2D eigenvalue weighted by Gasteiger charge is -2.43. The summed E-state index contributed by atoms with van der Waals surface area (Å²) in [6.45, 7) is 2.62. The van der Waals surface area contributed by atoms with Gasteiger partial charge in [-0.1, -0.05) is 12.1 Å². The largest absolute Gasteiger partial charge is 0.338 e. The number of piperidine rings is 1. The van der Waals surface area contributed by atoms with Crippen LogP contribution in [-0.4, -0.2) is 47.9 Å². The highest BCUT2D eigenvalue weighted by atomic mass is 19.1. The van der Waals surface area contributed by atoms with Gasteiger partial charge in [0.05, 0.1) is 5.56 Å². The second-order valence-corrected chi connectivity index (χ2v) is 6.02. The first-order chi connectivity index (χ1) is 9.62. The number of carbonyl (C=O) groups excluding carboxylic acids is 1. The molecule has 3 rings (SSSR count). The number of hydrogen-bond donors (Lipinski definition) is 0. The molecule has 0 bridgehead atoms. The van der Waals surface area contributed by atoms with E-state index in [0.717, 1.165) is 32.5 Å². The summed E-state index contributed by atoms with van der Waals surface area (Å²) in [6.07, 6.45) is 4.48. The summed E-state index contributed by atoms with van der Waals surface area (Å²) in [4.78, 5) is 16.6. The standard InChI is InChI=1S/C16H21FN2O/c1-18-10-4-7-16(18)8-11-19(12-9-16)15(20)13-5-2-3-6-14(13)17/h2-3,5-6H,4,7-12H2,1H3. The second-order valence-electron chi connectivity index (χ2n) is 6.02. The van der Waals surface area contributed by atoms with Crippen molar-refractivity contribution in [1.29, 1.82) is 0 Å². The lowest BCUT2D eigenvalue weighted by molar-refractivity contribution is 0.0489. The quantitative estimate of drug-likeness (QED) is 0.787. The van der Waals surface area contributed by atoms with E-state index in [-0.39, 0.29) is 17.0 Å². The second kappa shape index (κ2) is 5.17. The predicted molar refractivity (Wildman–Crippen MR) is 76.1 cm³/mol. The Bertz CT molecular complexity index is 509. The molecule has 2 fully saturated rings. The van der Waals surface area contributed by atoms with Crippen LogP contribution in [0.25, 0.3) is 0 Å². The molecule has 0 unspecified atom stereocenters. The van der Waals surface area contributed by atoms with Crippen molar-refractivity contribution in [3.63, 3.8) is 0 Å². The van der Waals surface area contributed by atoms with Crippen LogP contribution in [0.3, 0.4) is 0 Å². The van der Waals surface area contributed by atoms with E-state index in [1.165, 1.54) is 18.9 Å². The molecule has 0 atom stereocenters. The predicted octanol–water partition coefficient (Wildman–Crippen LogP) is 2.53. The molecule has 4 heteroatoms. The Morgan fingerprint density at radius 3 is 2.45 bits per heavy atom. The van der Waals surface area contributed by atoms with Crippen molar-refractivity contribution in [2.24, 2.45) is 0 Å². The fourth-order valence-electron chi connectivity index (χ4n) is 3.64. The zero-order chi connectivity index (χ0) is 14.2. The van der Waals surface area contributed by atoms with Gasteiger partial charge in [-0.15, -0.1) is 0 Å². The Hall–Kier alpha value is -1.42. The van der Waals surface area contributed by atoms with Gasteiger partial charge in [0.1, 0.15) is 5.82 Å². The monoisotopic (exact) mass is 276 g/mol. The molecule has 1 amide bonds. The molecule has 2 heterocycles. The molecule has 1 spiro atoms. The number of carbonyl (C=O) groups is 1. The fraction of sp³-hybridized carbons (Fsp3) is 0.562. The minimum absolute atomic E-state index is 0.168. The summed E-state index contributed by atoms with van der Waals surface area (Å²) < 4.78 is 13.7. The van der Waals surface area contributed by atoms with Crippen LogP contribution in [0.5, 0.6) is 0 Å². The van der Waals surface area contributed by atoms with E-state index in [1.807, 2.05) is 0 Å². The van der Waals surface area contributed by atoms with E-state index in [1.54, 1.807) is 23.1 Å². The van der Waals surface area contributed by atoms with Gasteiger partial charge in [-0.05, 0) is 51.4 Å². The van der Waals surface area contributed by atoms with Crippen LogP contribution in [-0.2, 0) is 0 Å². The van der Waals surface area contributed by atoms with Gasteiger partial charge in [0, 0.05) is 18.6 Å². The molecule has 20 heavy (non-hydrogen) atoms. The van der Waals surface area contributed by atoms with Crippen LogP contribution in [0.4, 0.5) is 4.39 Å². The highest BCUT2D eigenvalue weighted by molar-refractivity contribution is 5.94. The zero-order valence-corrected chi connectivity index (χ0v) is 11.9. The van der Waals surface area contributed by atoms with Crippen molar-refractivity contribution in [3.05, 3.63) is 35.6 Å². The molecule has 2 aliphatic rings. The first-order valence-corrected chi connectivity index (χ1v) is 7.37. The Morgan fingerprint density at radius 1 is 1.15 bits per heavy atom. The maximum atomic E-state index is 13.7. The van der Waals surface area contributed by atoms with Gasteiger partial charge < -0.3 is 9.80 Å². The highest BCUT2D eigenvalue weighted by Crippen LogP contribution is 2.37. The lowest BCUT2D eigenvalue weighted by Crippen LogP contribution is -2.52. The summed E-state index contributed by atoms with van der Waals surface area (Å²) in [5, 5.41) is 0. The maximum absolute atomic E-state index is 13.7. The molecule has 0 saturated carbocycles. The molecule has 1 aromatic rings. The van der Waals surface area contributed by atoms with Crippen LogP contribution in [0.1, 0.15) is 36.0 Å². The normalized spacial score (nSPS) is 22.4. The average molecular weight is 276 g/mol. The summed E-state index contributed by atoms with van der Waals surface area (Å²) in [5.74, 6) is -0.589. The van der Waals surface area contributed by atoms with Crippen molar-refractivity contribution >= 4 is 5.91 Å². The Kier molecular flexibility index (Phi) is 3.50. The number of benzene rings is 1. The summed E-state index contributed by atoms with van der Waals surface area (Å²) in [6, 6.07) is 6.25. The van der Waals surface area contributed by atoms with Crippen molar-refractivity contribution in [1.82, 2.24) is 9.80 Å². The molecule has 0 radical (unpaired) electrons. The number of rotatable bonds is 1. The smallest absolute Gasteiger partial charge is 0.256 e. The number of halogens is 1. The van der Waals surface area contributed by atoms with Gasteiger partial charge >= 0.3 is 0 Å². The fourth-order valence-corrected chi connectivity index (χ4v) is 3.64. The van der Waals surface area contributed by atoms with Gasteiger partial charge in [0.15, 0.2) is 0 Å². The maximum Gasteiger partial charge on any atom is 0.256 e. The zero-order valence-electron chi connectivity index (χ0n) is 11.9. The van der Waals surface area contributed by atoms with E-state index < -0.39 is 5.82 Å². The molecule has 2 aliphatic heterocycles. The number of likely N-dealkylation sites (tertiary alicyclic amines) is 2. The Labute approximate surface area is 119 Å². The van der Waals surface area contributed by atoms with Crippen LogP contribution in [0.2, 0.25) is 0 Å². The molecule has 0 aliphatic carbocycles. The molecule has 108 valence electrons. The minimum Gasteiger partial charge on any atom is -0.338 e. The molecule has 2 saturated heterocycles. The Balaban J connectivity index is 1.69. The van der Waals surface area contributed by atoms with Crippen molar-refractivity contribution < 1.29 is 9.18 Å². The molecular weight excluding hydrogens is 255 g/mol. The Morgan fingerprint density at radius 2 is 1.85 bits per heavy atom. The molecular formula is C16H21FN2O. The van der Waals surface area contributed by atoms with Crippen LogP contribution >= 0.6 is 0 Å². The van der Waals surface area contributed by atoms with Crippen molar-refractivity contribution in [3.8, 4) is 0 Å². The van der Waals surface area contributed by atoms with Gasteiger partial charge in [-0.25, -0.2) is 4.39 Å². The van der Waals surface area contributed by atoms with Gasteiger partial charge in [0.25, 0.3) is 5.91 Å².